The topological polar surface area (TPSA) is 43.6 Å². The van der Waals surface area contributed by atoms with Crippen molar-refractivity contribution in [3.05, 3.63) is 28.1 Å². The number of aromatic nitrogens is 4. The second-order valence-corrected chi connectivity index (χ2v) is 7.43. The molecule has 20 heavy (non-hydrogen) atoms. The fraction of sp³-hybridized carbons (Fsp3) is 0.500. The monoisotopic (exact) mass is 350 g/mol. The molecule has 0 bridgehead atoms. The van der Waals surface area contributed by atoms with Gasteiger partial charge in [-0.15, -0.1) is 10.2 Å². The Hall–Kier alpha value is -0.880. The standard InChI is InChI=1S/C14H15BrN4S/c1-8-6-11(15)13(16-7-8)20-14-18-17-12(9-2-3-9)19(14)10-4-5-10/h6-7,9-10H,2-5H2,1H3. The lowest BCUT2D eigenvalue weighted by atomic mass is 10.3. The molecule has 2 aliphatic carbocycles. The predicted molar refractivity (Wildman–Crippen MR) is 81.1 cm³/mol. The normalized spacial score (nSPS) is 18.5. The summed E-state index contributed by atoms with van der Waals surface area (Å²) in [6.07, 6.45) is 6.94. The highest BCUT2D eigenvalue weighted by molar-refractivity contribution is 9.10. The van der Waals surface area contributed by atoms with Crippen molar-refractivity contribution in [2.45, 2.75) is 54.7 Å². The van der Waals surface area contributed by atoms with Crippen LogP contribution >= 0.6 is 27.7 Å². The molecule has 6 heteroatoms. The zero-order valence-corrected chi connectivity index (χ0v) is 13.6. The minimum Gasteiger partial charge on any atom is -0.302 e. The first-order valence-electron chi connectivity index (χ1n) is 6.97. The van der Waals surface area contributed by atoms with Crippen molar-refractivity contribution >= 4 is 27.7 Å². The number of rotatable bonds is 4. The fourth-order valence-electron chi connectivity index (χ4n) is 2.34. The van der Waals surface area contributed by atoms with Crippen molar-refractivity contribution < 1.29 is 0 Å². The summed E-state index contributed by atoms with van der Waals surface area (Å²) in [6, 6.07) is 2.71. The number of hydrogen-bond donors (Lipinski definition) is 0. The molecule has 0 amide bonds. The second-order valence-electron chi connectivity index (χ2n) is 5.62. The van der Waals surface area contributed by atoms with Crippen LogP contribution in [0.25, 0.3) is 0 Å². The molecule has 2 aromatic heterocycles. The van der Waals surface area contributed by atoms with Crippen LogP contribution in [0.4, 0.5) is 0 Å². The van der Waals surface area contributed by atoms with Crippen molar-refractivity contribution in [3.8, 4) is 0 Å². The molecule has 104 valence electrons. The van der Waals surface area contributed by atoms with Crippen LogP contribution in [-0.4, -0.2) is 19.7 Å². The summed E-state index contributed by atoms with van der Waals surface area (Å²) in [7, 11) is 0. The third kappa shape index (κ3) is 2.39. The molecule has 0 atom stereocenters. The molecule has 4 nitrogen and oxygen atoms in total. The Balaban J connectivity index is 1.68. The maximum atomic E-state index is 4.50. The summed E-state index contributed by atoms with van der Waals surface area (Å²) >= 11 is 5.20. The zero-order valence-electron chi connectivity index (χ0n) is 11.2. The third-order valence-corrected chi connectivity index (χ3v) is 5.52. The van der Waals surface area contributed by atoms with Crippen LogP contribution in [0.2, 0.25) is 0 Å². The summed E-state index contributed by atoms with van der Waals surface area (Å²) in [5.74, 6) is 1.84. The molecule has 0 aliphatic heterocycles. The molecule has 2 heterocycles. The first kappa shape index (κ1) is 12.8. The molecule has 0 spiro atoms. The van der Waals surface area contributed by atoms with E-state index in [9.17, 15) is 0 Å². The van der Waals surface area contributed by atoms with E-state index in [4.69, 9.17) is 0 Å². The molecule has 0 unspecified atom stereocenters. The van der Waals surface area contributed by atoms with Gasteiger partial charge in [-0.2, -0.15) is 0 Å². The highest BCUT2D eigenvalue weighted by Gasteiger charge is 2.36. The maximum absolute atomic E-state index is 4.50. The lowest BCUT2D eigenvalue weighted by Gasteiger charge is -2.08. The Labute approximate surface area is 130 Å². The van der Waals surface area contributed by atoms with Crippen LogP contribution in [0.5, 0.6) is 0 Å². The number of pyridine rings is 1. The van der Waals surface area contributed by atoms with Gasteiger partial charge in [0.2, 0.25) is 0 Å². The maximum Gasteiger partial charge on any atom is 0.197 e. The van der Waals surface area contributed by atoms with Crippen molar-refractivity contribution in [1.82, 2.24) is 19.7 Å². The third-order valence-electron chi connectivity index (χ3n) is 3.68. The predicted octanol–water partition coefficient (Wildman–Crippen LogP) is 4.11. The first-order chi connectivity index (χ1) is 9.72. The van der Waals surface area contributed by atoms with Crippen LogP contribution in [0.15, 0.2) is 26.9 Å². The van der Waals surface area contributed by atoms with Gasteiger partial charge in [-0.25, -0.2) is 4.98 Å². The van der Waals surface area contributed by atoms with Crippen LogP contribution in [0.1, 0.15) is 49.0 Å². The lowest BCUT2D eigenvalue weighted by Crippen LogP contribution is -2.02. The molecule has 0 aromatic carbocycles. The van der Waals surface area contributed by atoms with Gasteiger partial charge in [0.1, 0.15) is 10.9 Å². The van der Waals surface area contributed by atoms with Crippen LogP contribution in [0.3, 0.4) is 0 Å². The van der Waals surface area contributed by atoms with Crippen molar-refractivity contribution in [3.63, 3.8) is 0 Å². The van der Waals surface area contributed by atoms with Gasteiger partial charge < -0.3 is 4.57 Å². The number of halogens is 1. The summed E-state index contributed by atoms with van der Waals surface area (Å²) < 4.78 is 3.39. The van der Waals surface area contributed by atoms with E-state index in [1.54, 1.807) is 11.8 Å². The summed E-state index contributed by atoms with van der Waals surface area (Å²) in [4.78, 5) is 4.50. The van der Waals surface area contributed by atoms with Gasteiger partial charge in [0, 0.05) is 18.2 Å². The van der Waals surface area contributed by atoms with Crippen molar-refractivity contribution in [1.29, 1.82) is 0 Å². The Bertz CT molecular complexity index is 661. The van der Waals surface area contributed by atoms with E-state index in [2.05, 4.69) is 41.7 Å². The largest absolute Gasteiger partial charge is 0.302 e. The minimum absolute atomic E-state index is 0.618. The van der Waals surface area contributed by atoms with E-state index in [-0.39, 0.29) is 0 Å². The Morgan fingerprint density at radius 2 is 2.05 bits per heavy atom. The SMILES string of the molecule is Cc1cnc(Sc2nnc(C3CC3)n2C2CC2)c(Br)c1. The molecule has 0 saturated heterocycles. The van der Waals surface area contributed by atoms with E-state index in [1.807, 2.05) is 13.1 Å². The van der Waals surface area contributed by atoms with E-state index in [0.717, 1.165) is 20.2 Å². The molecule has 2 aliphatic rings. The Morgan fingerprint density at radius 3 is 2.70 bits per heavy atom. The highest BCUT2D eigenvalue weighted by atomic mass is 79.9. The lowest BCUT2D eigenvalue weighted by molar-refractivity contribution is 0.626. The molecule has 2 fully saturated rings. The molecular formula is C14H15BrN4S. The van der Waals surface area contributed by atoms with Gasteiger partial charge in [0.25, 0.3) is 0 Å². The van der Waals surface area contributed by atoms with Crippen LogP contribution in [-0.2, 0) is 0 Å². The molecule has 0 radical (unpaired) electrons. The molecular weight excluding hydrogens is 336 g/mol. The minimum atomic E-state index is 0.618. The highest BCUT2D eigenvalue weighted by Crippen LogP contribution is 2.47. The molecule has 4 rings (SSSR count). The average molecular weight is 351 g/mol. The average Bonchev–Trinajstić information content (AvgIpc) is 3.31. The molecule has 0 N–H and O–H groups in total. The molecule has 2 aromatic rings. The van der Waals surface area contributed by atoms with Gasteiger partial charge in [-0.05, 0) is 71.9 Å². The van der Waals surface area contributed by atoms with Crippen molar-refractivity contribution in [2.24, 2.45) is 0 Å². The quantitative estimate of drug-likeness (QED) is 0.832. The van der Waals surface area contributed by atoms with Crippen LogP contribution < -0.4 is 0 Å². The number of nitrogens with zero attached hydrogens (tertiary/aromatic N) is 4. The number of aryl methyl sites for hydroxylation is 1. The van der Waals surface area contributed by atoms with Gasteiger partial charge in [0.05, 0.1) is 4.47 Å². The van der Waals surface area contributed by atoms with Crippen LogP contribution in [0, 0.1) is 6.92 Å². The van der Waals surface area contributed by atoms with Gasteiger partial charge in [0.15, 0.2) is 5.16 Å². The summed E-state index contributed by atoms with van der Waals surface area (Å²) in [5.41, 5.74) is 1.16. The van der Waals surface area contributed by atoms with Gasteiger partial charge >= 0.3 is 0 Å². The Kier molecular flexibility index (Phi) is 3.11. The Morgan fingerprint density at radius 1 is 1.25 bits per heavy atom. The smallest absolute Gasteiger partial charge is 0.197 e. The zero-order chi connectivity index (χ0) is 13.7. The van der Waals surface area contributed by atoms with E-state index < -0.39 is 0 Å². The molecule has 2 saturated carbocycles. The van der Waals surface area contributed by atoms with E-state index >= 15 is 0 Å². The van der Waals surface area contributed by atoms with Crippen molar-refractivity contribution in [2.75, 3.05) is 0 Å². The fourth-order valence-corrected chi connectivity index (χ4v) is 3.90. The summed E-state index contributed by atoms with van der Waals surface area (Å²) in [5, 5.41) is 10.8. The first-order valence-corrected chi connectivity index (χ1v) is 8.58. The van der Waals surface area contributed by atoms with Gasteiger partial charge in [-0.3, -0.25) is 0 Å². The summed E-state index contributed by atoms with van der Waals surface area (Å²) in [6.45, 7) is 2.05. The van der Waals surface area contributed by atoms with E-state index in [0.29, 0.717) is 12.0 Å². The number of hydrogen-bond acceptors (Lipinski definition) is 4. The second kappa shape index (κ2) is 4.84. The van der Waals surface area contributed by atoms with Gasteiger partial charge in [-0.1, -0.05) is 0 Å². The van der Waals surface area contributed by atoms with E-state index in [1.165, 1.54) is 31.5 Å².